The lowest BCUT2D eigenvalue weighted by Crippen LogP contribution is -2.37. The number of rotatable bonds is 8. The van der Waals surface area contributed by atoms with E-state index in [9.17, 15) is 18.0 Å². The van der Waals surface area contributed by atoms with E-state index in [4.69, 9.17) is 9.47 Å². The number of nitrogens with zero attached hydrogens (tertiary/aromatic N) is 2. The summed E-state index contributed by atoms with van der Waals surface area (Å²) in [5.74, 6) is -0.661. The van der Waals surface area contributed by atoms with Crippen molar-refractivity contribution in [1.29, 1.82) is 0 Å². The van der Waals surface area contributed by atoms with E-state index in [0.717, 1.165) is 11.3 Å². The van der Waals surface area contributed by atoms with Crippen molar-refractivity contribution in [2.75, 3.05) is 59.8 Å². The van der Waals surface area contributed by atoms with E-state index in [0.29, 0.717) is 49.1 Å². The minimum Gasteiger partial charge on any atom is -0.495 e. The molecule has 2 fully saturated rings. The number of nitrogens with one attached hydrogen (secondary N) is 2. The number of hydrogen-bond acceptors (Lipinski definition) is 7. The Hall–Kier alpha value is -4.09. The highest BCUT2D eigenvalue weighted by Gasteiger charge is 2.35. The molecule has 11 heteroatoms. The van der Waals surface area contributed by atoms with Gasteiger partial charge in [-0.15, -0.1) is 0 Å². The van der Waals surface area contributed by atoms with Gasteiger partial charge in [-0.3, -0.25) is 14.3 Å². The summed E-state index contributed by atoms with van der Waals surface area (Å²) < 4.78 is 40.8. The Balaban J connectivity index is 1.40. The Kier molecular flexibility index (Phi) is 7.95. The molecule has 0 aliphatic carbocycles. The summed E-state index contributed by atoms with van der Waals surface area (Å²) >= 11 is 0. The standard InChI is InChI=1S/C29H32N4O6S/c1-20-7-10-23(11-8-20)33-19-21(17-28(33)34)29(35)30-22-9-12-25(32-13-15-39-16-14-32)27(18-22)40(36,37)31-24-5-3-4-6-26(24)38-2/h3-12,18,21,31H,13-17,19H2,1-2H3,(H,30,35). The number of anilines is 4. The molecule has 1 unspecified atom stereocenters. The highest BCUT2D eigenvalue weighted by atomic mass is 32.2. The maximum atomic E-state index is 13.7. The van der Waals surface area contributed by atoms with E-state index < -0.39 is 15.9 Å². The third-order valence-corrected chi connectivity index (χ3v) is 8.46. The van der Waals surface area contributed by atoms with Crippen molar-refractivity contribution in [3.8, 4) is 5.75 Å². The molecule has 0 spiro atoms. The summed E-state index contributed by atoms with van der Waals surface area (Å²) in [7, 11) is -2.62. The number of methoxy groups -OCH3 is 1. The Labute approximate surface area is 233 Å². The van der Waals surface area contributed by atoms with Crippen LogP contribution >= 0.6 is 0 Å². The SMILES string of the molecule is COc1ccccc1NS(=O)(=O)c1cc(NC(=O)C2CC(=O)N(c3ccc(C)cc3)C2)ccc1N1CCOCC1. The van der Waals surface area contributed by atoms with Gasteiger partial charge in [0, 0.05) is 37.4 Å². The van der Waals surface area contributed by atoms with Crippen LogP contribution in [0.3, 0.4) is 0 Å². The quantitative estimate of drug-likeness (QED) is 0.429. The fourth-order valence-electron chi connectivity index (χ4n) is 4.90. The fraction of sp³-hybridized carbons (Fsp3) is 0.310. The van der Waals surface area contributed by atoms with Gasteiger partial charge in [0.15, 0.2) is 0 Å². The van der Waals surface area contributed by atoms with Crippen LogP contribution in [-0.2, 0) is 24.3 Å². The number of carbonyl (C=O) groups is 2. The molecule has 10 nitrogen and oxygen atoms in total. The molecular formula is C29H32N4O6S. The first-order valence-corrected chi connectivity index (χ1v) is 14.5. The molecule has 2 saturated heterocycles. The van der Waals surface area contributed by atoms with Gasteiger partial charge in [-0.1, -0.05) is 29.8 Å². The van der Waals surface area contributed by atoms with Crippen LogP contribution in [0.1, 0.15) is 12.0 Å². The normalized spacial score (nSPS) is 17.6. The number of carbonyl (C=O) groups excluding carboxylic acids is 2. The lowest BCUT2D eigenvalue weighted by Gasteiger charge is -2.30. The molecule has 2 N–H and O–H groups in total. The van der Waals surface area contributed by atoms with Crippen LogP contribution in [0, 0.1) is 12.8 Å². The number of benzene rings is 3. The number of ether oxygens (including phenoxy) is 2. The zero-order chi connectivity index (χ0) is 28.3. The molecule has 0 saturated carbocycles. The average molecular weight is 565 g/mol. The van der Waals surface area contributed by atoms with Crippen LogP contribution in [-0.4, -0.2) is 60.2 Å². The van der Waals surface area contributed by atoms with E-state index in [2.05, 4.69) is 10.0 Å². The molecule has 3 aromatic carbocycles. The van der Waals surface area contributed by atoms with Crippen molar-refractivity contribution in [1.82, 2.24) is 0 Å². The highest BCUT2D eigenvalue weighted by molar-refractivity contribution is 7.93. The summed E-state index contributed by atoms with van der Waals surface area (Å²) in [6.45, 7) is 4.23. The second-order valence-corrected chi connectivity index (χ2v) is 11.5. The van der Waals surface area contributed by atoms with Crippen LogP contribution in [0.2, 0.25) is 0 Å². The average Bonchev–Trinajstić information content (AvgIpc) is 3.35. The van der Waals surface area contributed by atoms with Crippen LogP contribution in [0.5, 0.6) is 5.75 Å². The minimum atomic E-state index is -4.09. The molecule has 2 heterocycles. The summed E-state index contributed by atoms with van der Waals surface area (Å²) in [6.07, 6.45) is 0.0755. The van der Waals surface area contributed by atoms with Crippen molar-refractivity contribution in [3.05, 3.63) is 72.3 Å². The van der Waals surface area contributed by atoms with Gasteiger partial charge in [-0.2, -0.15) is 0 Å². The number of hydrogen-bond donors (Lipinski definition) is 2. The van der Waals surface area contributed by atoms with Crippen LogP contribution in [0.4, 0.5) is 22.7 Å². The van der Waals surface area contributed by atoms with E-state index in [-0.39, 0.29) is 29.7 Å². The van der Waals surface area contributed by atoms with Crippen LogP contribution < -0.4 is 24.6 Å². The number of morpholine rings is 1. The summed E-state index contributed by atoms with van der Waals surface area (Å²) in [5, 5.41) is 2.84. The van der Waals surface area contributed by atoms with Crippen molar-refractivity contribution >= 4 is 44.6 Å². The summed E-state index contributed by atoms with van der Waals surface area (Å²) in [6, 6.07) is 19.1. The predicted octanol–water partition coefficient (Wildman–Crippen LogP) is 3.63. The van der Waals surface area contributed by atoms with Gasteiger partial charge in [0.05, 0.1) is 37.6 Å². The molecule has 2 amide bonds. The molecule has 0 aromatic heterocycles. The van der Waals surface area contributed by atoms with E-state index in [1.165, 1.54) is 13.2 Å². The molecule has 5 rings (SSSR count). The molecule has 3 aromatic rings. The molecule has 0 bridgehead atoms. The zero-order valence-corrected chi connectivity index (χ0v) is 23.2. The molecule has 1 atom stereocenters. The third-order valence-electron chi connectivity index (χ3n) is 7.06. The van der Waals surface area contributed by atoms with Crippen molar-refractivity contribution in [2.45, 2.75) is 18.2 Å². The maximum Gasteiger partial charge on any atom is 0.264 e. The predicted molar refractivity (Wildman–Crippen MR) is 154 cm³/mol. The van der Waals surface area contributed by atoms with Crippen molar-refractivity contribution in [2.24, 2.45) is 5.92 Å². The number of amides is 2. The lowest BCUT2D eigenvalue weighted by atomic mass is 10.1. The smallest absolute Gasteiger partial charge is 0.264 e. The lowest BCUT2D eigenvalue weighted by molar-refractivity contribution is -0.122. The minimum absolute atomic E-state index is 0.0156. The van der Waals surface area contributed by atoms with Crippen molar-refractivity contribution < 1.29 is 27.5 Å². The van der Waals surface area contributed by atoms with Gasteiger partial charge in [-0.25, -0.2) is 8.42 Å². The Morgan fingerprint density at radius 1 is 1.02 bits per heavy atom. The Morgan fingerprint density at radius 2 is 1.75 bits per heavy atom. The zero-order valence-electron chi connectivity index (χ0n) is 22.4. The summed E-state index contributed by atoms with van der Waals surface area (Å²) in [5.41, 5.74) is 2.95. The maximum absolute atomic E-state index is 13.7. The van der Waals surface area contributed by atoms with Gasteiger partial charge in [0.2, 0.25) is 11.8 Å². The first-order chi connectivity index (χ1) is 19.2. The van der Waals surface area contributed by atoms with Crippen LogP contribution in [0.25, 0.3) is 0 Å². The molecule has 210 valence electrons. The number of aryl methyl sites for hydroxylation is 1. The first-order valence-electron chi connectivity index (χ1n) is 13.1. The molecular weight excluding hydrogens is 532 g/mol. The van der Waals surface area contributed by atoms with Gasteiger partial charge >= 0.3 is 0 Å². The van der Waals surface area contributed by atoms with Crippen molar-refractivity contribution in [3.63, 3.8) is 0 Å². The van der Waals surface area contributed by atoms with Crippen LogP contribution in [0.15, 0.2) is 71.6 Å². The monoisotopic (exact) mass is 564 g/mol. The second-order valence-electron chi connectivity index (χ2n) is 9.82. The van der Waals surface area contributed by atoms with Gasteiger partial charge in [0.25, 0.3) is 10.0 Å². The Morgan fingerprint density at radius 3 is 2.48 bits per heavy atom. The van der Waals surface area contributed by atoms with E-state index >= 15 is 0 Å². The molecule has 2 aliphatic rings. The fourth-order valence-corrected chi connectivity index (χ4v) is 6.23. The molecule has 0 radical (unpaired) electrons. The Bertz CT molecular complexity index is 1500. The highest BCUT2D eigenvalue weighted by Crippen LogP contribution is 2.33. The summed E-state index contributed by atoms with van der Waals surface area (Å²) in [4.78, 5) is 29.5. The van der Waals surface area contributed by atoms with E-state index in [1.54, 1.807) is 41.3 Å². The second kappa shape index (κ2) is 11.6. The molecule has 40 heavy (non-hydrogen) atoms. The third kappa shape index (κ3) is 5.90. The topological polar surface area (TPSA) is 117 Å². The van der Waals surface area contributed by atoms with Gasteiger partial charge < -0.3 is 24.6 Å². The first kappa shape index (κ1) is 27.5. The van der Waals surface area contributed by atoms with Gasteiger partial charge in [0.1, 0.15) is 10.6 Å². The largest absolute Gasteiger partial charge is 0.495 e. The number of sulfonamides is 1. The molecule has 2 aliphatic heterocycles. The number of para-hydroxylation sites is 2. The van der Waals surface area contributed by atoms with Gasteiger partial charge in [-0.05, 0) is 49.4 Å². The van der Waals surface area contributed by atoms with E-state index in [1.807, 2.05) is 36.1 Å².